The van der Waals surface area contributed by atoms with E-state index in [1.54, 1.807) is 24.3 Å². The van der Waals surface area contributed by atoms with Gasteiger partial charge < -0.3 is 15.1 Å². The highest BCUT2D eigenvalue weighted by molar-refractivity contribution is 5.99. The van der Waals surface area contributed by atoms with Crippen molar-refractivity contribution >= 4 is 17.6 Å². The molecule has 1 aliphatic rings. The van der Waals surface area contributed by atoms with Gasteiger partial charge in [0.15, 0.2) is 0 Å². The Balaban J connectivity index is 2.22. The first kappa shape index (κ1) is 11.6. The van der Waals surface area contributed by atoms with Gasteiger partial charge in [0, 0.05) is 18.7 Å². The summed E-state index contributed by atoms with van der Waals surface area (Å²) in [5, 5.41) is 17.9. The largest absolute Gasteiger partial charge is 0.481 e. The fraction of sp³-hybridized carbons (Fsp3) is 0.333. The van der Waals surface area contributed by atoms with Gasteiger partial charge in [0.05, 0.1) is 12.5 Å². The number of aliphatic hydroxyl groups is 1. The summed E-state index contributed by atoms with van der Waals surface area (Å²) in [6, 6.07) is 6.92. The second-order valence-electron chi connectivity index (χ2n) is 4.07. The number of hydrogen-bond acceptors (Lipinski definition) is 3. The molecule has 1 fully saturated rings. The Morgan fingerprint density at radius 1 is 1.47 bits per heavy atom. The quantitative estimate of drug-likeness (QED) is 0.805. The lowest BCUT2D eigenvalue weighted by molar-refractivity contribution is -0.141. The van der Waals surface area contributed by atoms with Crippen LogP contribution >= 0.6 is 0 Å². The third-order valence-electron chi connectivity index (χ3n) is 2.88. The zero-order valence-electron chi connectivity index (χ0n) is 9.17. The maximum atomic E-state index is 11.7. The van der Waals surface area contributed by atoms with Crippen LogP contribution in [-0.4, -0.2) is 28.6 Å². The molecule has 1 unspecified atom stereocenters. The molecule has 2 rings (SSSR count). The van der Waals surface area contributed by atoms with Crippen molar-refractivity contribution in [3.05, 3.63) is 29.8 Å². The summed E-state index contributed by atoms with van der Waals surface area (Å²) in [7, 11) is 0. The molecule has 0 saturated carbocycles. The Hall–Kier alpha value is -1.88. The minimum Gasteiger partial charge on any atom is -0.481 e. The molecule has 1 aliphatic heterocycles. The van der Waals surface area contributed by atoms with Gasteiger partial charge in [-0.3, -0.25) is 9.59 Å². The maximum absolute atomic E-state index is 11.7. The third-order valence-corrected chi connectivity index (χ3v) is 2.88. The van der Waals surface area contributed by atoms with Crippen molar-refractivity contribution in [1.82, 2.24) is 0 Å². The predicted octanol–water partition coefficient (Wildman–Crippen LogP) is 0.616. The summed E-state index contributed by atoms with van der Waals surface area (Å²) in [5.74, 6) is -1.77. The Bertz CT molecular complexity index is 458. The standard InChI is InChI=1S/C12H13NO4/c14-7-8-2-1-3-10(4-8)13-6-9(12(16)17)5-11(13)15/h1-4,9,14H,5-7H2,(H,16,17). The monoisotopic (exact) mass is 235 g/mol. The Kier molecular flexibility index (Phi) is 3.10. The molecule has 0 bridgehead atoms. The van der Waals surface area contributed by atoms with Crippen LogP contribution in [0.4, 0.5) is 5.69 Å². The van der Waals surface area contributed by atoms with Crippen LogP contribution in [0.25, 0.3) is 0 Å². The maximum Gasteiger partial charge on any atom is 0.308 e. The van der Waals surface area contributed by atoms with Crippen molar-refractivity contribution in [2.24, 2.45) is 5.92 Å². The number of nitrogens with zero attached hydrogens (tertiary/aromatic N) is 1. The average Bonchev–Trinajstić information content (AvgIpc) is 2.72. The highest BCUT2D eigenvalue weighted by atomic mass is 16.4. The normalized spacial score (nSPS) is 19.7. The molecule has 1 heterocycles. The van der Waals surface area contributed by atoms with Crippen LogP contribution in [0.3, 0.4) is 0 Å². The van der Waals surface area contributed by atoms with Gasteiger partial charge in [-0.1, -0.05) is 12.1 Å². The minimum absolute atomic E-state index is 0.0404. The molecule has 1 atom stereocenters. The van der Waals surface area contributed by atoms with Crippen LogP contribution in [0.15, 0.2) is 24.3 Å². The summed E-state index contributed by atoms with van der Waals surface area (Å²) in [4.78, 5) is 24.0. The number of hydrogen-bond donors (Lipinski definition) is 2. The molecular formula is C12H13NO4. The van der Waals surface area contributed by atoms with E-state index in [0.29, 0.717) is 11.3 Å². The Labute approximate surface area is 98.3 Å². The van der Waals surface area contributed by atoms with Crippen LogP contribution in [0.5, 0.6) is 0 Å². The number of benzene rings is 1. The lowest BCUT2D eigenvalue weighted by atomic mass is 10.1. The first-order valence-corrected chi connectivity index (χ1v) is 5.35. The van der Waals surface area contributed by atoms with Gasteiger partial charge in [-0.05, 0) is 17.7 Å². The molecule has 0 aliphatic carbocycles. The highest BCUT2D eigenvalue weighted by Gasteiger charge is 2.34. The number of carboxylic acids is 1. The summed E-state index contributed by atoms with van der Waals surface area (Å²) < 4.78 is 0. The first-order valence-electron chi connectivity index (χ1n) is 5.35. The molecule has 0 spiro atoms. The molecule has 5 nitrogen and oxygen atoms in total. The molecule has 90 valence electrons. The number of carboxylic acid groups (broad SMARTS) is 1. The fourth-order valence-electron chi connectivity index (χ4n) is 1.95. The van der Waals surface area contributed by atoms with Crippen LogP contribution in [0.1, 0.15) is 12.0 Å². The number of aliphatic carboxylic acids is 1. The second-order valence-corrected chi connectivity index (χ2v) is 4.07. The average molecular weight is 235 g/mol. The van der Waals surface area contributed by atoms with E-state index >= 15 is 0 Å². The zero-order valence-corrected chi connectivity index (χ0v) is 9.17. The zero-order chi connectivity index (χ0) is 12.4. The van der Waals surface area contributed by atoms with Gasteiger partial charge in [-0.25, -0.2) is 0 Å². The van der Waals surface area contributed by atoms with E-state index in [4.69, 9.17) is 10.2 Å². The van der Waals surface area contributed by atoms with E-state index in [9.17, 15) is 9.59 Å². The van der Waals surface area contributed by atoms with Gasteiger partial charge in [0.1, 0.15) is 0 Å². The summed E-state index contributed by atoms with van der Waals surface area (Å²) in [6.45, 7) is 0.0985. The number of rotatable bonds is 3. The lowest BCUT2D eigenvalue weighted by Crippen LogP contribution is -2.25. The van der Waals surface area contributed by atoms with Crippen molar-refractivity contribution in [2.75, 3.05) is 11.4 Å². The molecule has 1 aromatic rings. The molecule has 5 heteroatoms. The summed E-state index contributed by atoms with van der Waals surface area (Å²) >= 11 is 0. The fourth-order valence-corrected chi connectivity index (χ4v) is 1.95. The number of carbonyl (C=O) groups excluding carboxylic acids is 1. The van der Waals surface area contributed by atoms with E-state index < -0.39 is 11.9 Å². The lowest BCUT2D eigenvalue weighted by Gasteiger charge is -2.16. The van der Waals surface area contributed by atoms with Crippen LogP contribution in [0.2, 0.25) is 0 Å². The van der Waals surface area contributed by atoms with E-state index in [1.807, 2.05) is 0 Å². The number of amides is 1. The van der Waals surface area contributed by atoms with E-state index in [1.165, 1.54) is 4.90 Å². The van der Waals surface area contributed by atoms with Crippen molar-refractivity contribution < 1.29 is 19.8 Å². The topological polar surface area (TPSA) is 77.8 Å². The Morgan fingerprint density at radius 2 is 2.24 bits per heavy atom. The van der Waals surface area contributed by atoms with Gasteiger partial charge in [-0.2, -0.15) is 0 Å². The molecule has 17 heavy (non-hydrogen) atoms. The van der Waals surface area contributed by atoms with E-state index in [0.717, 1.165) is 0 Å². The van der Waals surface area contributed by atoms with Crippen LogP contribution in [-0.2, 0) is 16.2 Å². The predicted molar refractivity (Wildman–Crippen MR) is 60.5 cm³/mol. The van der Waals surface area contributed by atoms with Gasteiger partial charge in [0.25, 0.3) is 0 Å². The minimum atomic E-state index is -0.945. The molecule has 0 radical (unpaired) electrons. The smallest absolute Gasteiger partial charge is 0.308 e. The van der Waals surface area contributed by atoms with Crippen molar-refractivity contribution in [3.63, 3.8) is 0 Å². The first-order chi connectivity index (χ1) is 8.11. The highest BCUT2D eigenvalue weighted by Crippen LogP contribution is 2.25. The summed E-state index contributed by atoms with van der Waals surface area (Å²) in [5.41, 5.74) is 1.35. The van der Waals surface area contributed by atoms with Crippen molar-refractivity contribution in [3.8, 4) is 0 Å². The molecule has 2 N–H and O–H groups in total. The summed E-state index contributed by atoms with van der Waals surface area (Å²) in [6.07, 6.45) is 0.0404. The van der Waals surface area contributed by atoms with Crippen molar-refractivity contribution in [2.45, 2.75) is 13.0 Å². The van der Waals surface area contributed by atoms with Crippen LogP contribution < -0.4 is 4.90 Å². The van der Waals surface area contributed by atoms with Crippen molar-refractivity contribution in [1.29, 1.82) is 0 Å². The van der Waals surface area contributed by atoms with Gasteiger partial charge in [-0.15, -0.1) is 0 Å². The molecule has 1 amide bonds. The SMILES string of the molecule is O=C(O)C1CC(=O)N(c2cccc(CO)c2)C1. The number of aliphatic hydroxyl groups excluding tert-OH is 1. The Morgan fingerprint density at radius 3 is 2.82 bits per heavy atom. The van der Waals surface area contributed by atoms with Crippen LogP contribution in [0, 0.1) is 5.92 Å². The number of carbonyl (C=O) groups is 2. The molecule has 1 saturated heterocycles. The van der Waals surface area contributed by atoms with Gasteiger partial charge in [0.2, 0.25) is 5.91 Å². The van der Waals surface area contributed by atoms with Gasteiger partial charge >= 0.3 is 5.97 Å². The second kappa shape index (κ2) is 4.55. The van der Waals surface area contributed by atoms with E-state index in [2.05, 4.69) is 0 Å². The molecular weight excluding hydrogens is 222 g/mol. The third kappa shape index (κ3) is 2.29. The molecule has 1 aromatic carbocycles. The number of anilines is 1. The van der Waals surface area contributed by atoms with E-state index in [-0.39, 0.29) is 25.5 Å². The molecule has 0 aromatic heterocycles.